The van der Waals surface area contributed by atoms with Crippen molar-refractivity contribution in [1.29, 1.82) is 0 Å². The normalized spacial score (nSPS) is 30.1. The zero-order valence-corrected chi connectivity index (χ0v) is 17.3. The Morgan fingerprint density at radius 2 is 1.94 bits per heavy atom. The molecule has 1 amide bonds. The first-order valence-corrected chi connectivity index (χ1v) is 11.2. The Labute approximate surface area is 180 Å². The van der Waals surface area contributed by atoms with Crippen LogP contribution in [0.2, 0.25) is 0 Å². The number of amides is 1. The summed E-state index contributed by atoms with van der Waals surface area (Å²) >= 11 is 0. The number of pyridine rings is 1. The second-order valence-electron chi connectivity index (χ2n) is 9.73. The molecule has 3 aromatic rings. The highest BCUT2D eigenvalue weighted by atomic mass is 19.1. The molecule has 4 bridgehead atoms. The lowest BCUT2D eigenvalue weighted by Crippen LogP contribution is -2.65. The number of nitrogens with zero attached hydrogens (tertiary/aromatic N) is 2. The van der Waals surface area contributed by atoms with E-state index in [2.05, 4.69) is 14.9 Å². The first-order chi connectivity index (χ1) is 15.0. The van der Waals surface area contributed by atoms with E-state index in [0.29, 0.717) is 25.2 Å². The molecule has 2 N–H and O–H groups in total. The summed E-state index contributed by atoms with van der Waals surface area (Å²) in [7, 11) is 0. The maximum Gasteiger partial charge on any atom is 0.224 e. The van der Waals surface area contributed by atoms with Gasteiger partial charge in [0.25, 0.3) is 0 Å². The topological polar surface area (TPSA) is 69.2 Å². The molecular formula is C25H26FN3O2. The van der Waals surface area contributed by atoms with Gasteiger partial charge >= 0.3 is 0 Å². The van der Waals surface area contributed by atoms with Gasteiger partial charge in [-0.1, -0.05) is 12.1 Å². The SMILES string of the molecule is O=C(CC(c1ccc(F)cc1)c1c[nH]c2ncccc12)N1C2CC3CC1CC(O)(C3)C2. The predicted molar refractivity (Wildman–Crippen MR) is 115 cm³/mol. The van der Waals surface area contributed by atoms with E-state index in [1.54, 1.807) is 18.3 Å². The smallest absolute Gasteiger partial charge is 0.224 e. The Morgan fingerprint density at radius 1 is 1.19 bits per heavy atom. The molecule has 7 rings (SSSR count). The minimum absolute atomic E-state index is 0.130. The van der Waals surface area contributed by atoms with Crippen molar-refractivity contribution in [3.8, 4) is 0 Å². The highest BCUT2D eigenvalue weighted by Gasteiger charge is 2.55. The number of hydrogen-bond acceptors (Lipinski definition) is 3. The Balaban J connectivity index is 1.35. The quantitative estimate of drug-likeness (QED) is 0.668. The van der Waals surface area contributed by atoms with Gasteiger partial charge in [-0.25, -0.2) is 9.37 Å². The van der Waals surface area contributed by atoms with Crippen LogP contribution in [0, 0.1) is 11.7 Å². The van der Waals surface area contributed by atoms with Crippen molar-refractivity contribution in [2.45, 2.75) is 62.1 Å². The molecule has 2 aromatic heterocycles. The van der Waals surface area contributed by atoms with Crippen LogP contribution in [0.3, 0.4) is 0 Å². The zero-order chi connectivity index (χ0) is 21.2. The summed E-state index contributed by atoms with van der Waals surface area (Å²) in [5.41, 5.74) is 2.13. The summed E-state index contributed by atoms with van der Waals surface area (Å²) in [5, 5.41) is 11.9. The van der Waals surface area contributed by atoms with Gasteiger partial charge in [-0.3, -0.25) is 4.79 Å². The third-order valence-corrected chi connectivity index (χ3v) is 7.70. The molecule has 2 aliphatic carbocycles. The van der Waals surface area contributed by atoms with Gasteiger partial charge in [-0.05, 0) is 73.4 Å². The molecule has 6 heteroatoms. The summed E-state index contributed by atoms with van der Waals surface area (Å²) in [6.07, 6.45) is 8.28. The second-order valence-corrected chi connectivity index (χ2v) is 9.73. The van der Waals surface area contributed by atoms with Crippen molar-refractivity contribution in [3.63, 3.8) is 0 Å². The van der Waals surface area contributed by atoms with Crippen LogP contribution < -0.4 is 0 Å². The Hall–Kier alpha value is -2.73. The molecule has 0 spiro atoms. The lowest BCUT2D eigenvalue weighted by Gasteiger charge is -2.59. The fourth-order valence-electron chi connectivity index (χ4n) is 6.64. The molecule has 1 aromatic carbocycles. The predicted octanol–water partition coefficient (Wildman–Crippen LogP) is 4.13. The fourth-order valence-corrected chi connectivity index (χ4v) is 6.64. The number of aliphatic hydroxyl groups is 1. The van der Waals surface area contributed by atoms with Gasteiger partial charge < -0.3 is 15.0 Å². The monoisotopic (exact) mass is 419 g/mol. The summed E-state index contributed by atoms with van der Waals surface area (Å²) < 4.78 is 13.6. The van der Waals surface area contributed by atoms with E-state index in [0.717, 1.165) is 41.4 Å². The van der Waals surface area contributed by atoms with Crippen molar-refractivity contribution < 1.29 is 14.3 Å². The molecule has 4 fully saturated rings. The summed E-state index contributed by atoms with van der Waals surface area (Å²) in [6.45, 7) is 0. The lowest BCUT2D eigenvalue weighted by atomic mass is 9.61. The van der Waals surface area contributed by atoms with E-state index in [9.17, 15) is 14.3 Å². The average Bonchev–Trinajstić information content (AvgIpc) is 3.15. The summed E-state index contributed by atoms with van der Waals surface area (Å²) in [6, 6.07) is 10.6. The maximum atomic E-state index is 13.7. The Morgan fingerprint density at radius 3 is 2.65 bits per heavy atom. The van der Waals surface area contributed by atoms with Crippen molar-refractivity contribution in [2.24, 2.45) is 5.92 Å². The number of fused-ring (bicyclic) bond motifs is 1. The maximum absolute atomic E-state index is 13.7. The zero-order valence-electron chi connectivity index (χ0n) is 17.3. The number of piperidine rings is 2. The molecule has 3 unspecified atom stereocenters. The third kappa shape index (κ3) is 3.16. The molecule has 0 radical (unpaired) electrons. The van der Waals surface area contributed by atoms with E-state index in [-0.39, 0.29) is 29.7 Å². The van der Waals surface area contributed by atoms with Crippen LogP contribution in [0.4, 0.5) is 4.39 Å². The van der Waals surface area contributed by atoms with E-state index in [1.807, 2.05) is 18.3 Å². The van der Waals surface area contributed by atoms with E-state index in [1.165, 1.54) is 12.1 Å². The molecule has 4 aliphatic rings. The van der Waals surface area contributed by atoms with Crippen LogP contribution in [0.5, 0.6) is 0 Å². The van der Waals surface area contributed by atoms with Crippen LogP contribution in [-0.2, 0) is 4.79 Å². The van der Waals surface area contributed by atoms with Crippen molar-refractivity contribution in [1.82, 2.24) is 14.9 Å². The molecule has 5 nitrogen and oxygen atoms in total. The first-order valence-electron chi connectivity index (χ1n) is 11.2. The average molecular weight is 420 g/mol. The molecule has 160 valence electrons. The van der Waals surface area contributed by atoms with Crippen LogP contribution in [-0.4, -0.2) is 43.6 Å². The third-order valence-electron chi connectivity index (χ3n) is 7.70. The summed E-state index contributed by atoms with van der Waals surface area (Å²) in [5.74, 6) is 0.197. The first kappa shape index (κ1) is 19.0. The van der Waals surface area contributed by atoms with Crippen LogP contribution in [0.25, 0.3) is 11.0 Å². The Bertz CT molecular complexity index is 1130. The lowest BCUT2D eigenvalue weighted by molar-refractivity contribution is -0.174. The number of H-pyrrole nitrogens is 1. The molecule has 2 saturated carbocycles. The summed E-state index contributed by atoms with van der Waals surface area (Å²) in [4.78, 5) is 23.3. The van der Waals surface area contributed by atoms with Crippen molar-refractivity contribution in [3.05, 3.63) is 65.7 Å². The van der Waals surface area contributed by atoms with Gasteiger partial charge in [0.1, 0.15) is 11.5 Å². The van der Waals surface area contributed by atoms with E-state index in [4.69, 9.17) is 0 Å². The number of aromatic amines is 1. The van der Waals surface area contributed by atoms with Crippen LogP contribution in [0.15, 0.2) is 48.8 Å². The molecule has 2 aliphatic heterocycles. The molecule has 2 saturated heterocycles. The van der Waals surface area contributed by atoms with Crippen molar-refractivity contribution >= 4 is 16.9 Å². The minimum Gasteiger partial charge on any atom is -0.390 e. The van der Waals surface area contributed by atoms with Crippen LogP contribution in [0.1, 0.15) is 55.6 Å². The van der Waals surface area contributed by atoms with Gasteiger partial charge in [0, 0.05) is 42.2 Å². The van der Waals surface area contributed by atoms with Crippen molar-refractivity contribution in [2.75, 3.05) is 0 Å². The fraction of sp³-hybridized carbons (Fsp3) is 0.440. The van der Waals surface area contributed by atoms with E-state index < -0.39 is 5.60 Å². The van der Waals surface area contributed by atoms with Gasteiger partial charge in [-0.15, -0.1) is 0 Å². The number of benzene rings is 1. The van der Waals surface area contributed by atoms with Gasteiger partial charge in [-0.2, -0.15) is 0 Å². The number of carbonyl (C=O) groups excluding carboxylic acids is 1. The molecule has 31 heavy (non-hydrogen) atoms. The number of halogens is 1. The van der Waals surface area contributed by atoms with Crippen LogP contribution >= 0.6 is 0 Å². The number of aromatic nitrogens is 2. The standard InChI is InChI=1S/C25H26FN3O2/c26-17-5-3-16(4-6-17)21(22-14-28-24-20(22)2-1-7-27-24)10-23(30)29-18-8-15-9-19(29)13-25(31,11-15)12-18/h1-7,14-15,18-19,21,31H,8-13H2,(H,27,28). The molecular weight excluding hydrogens is 393 g/mol. The van der Waals surface area contributed by atoms with Gasteiger partial charge in [0.15, 0.2) is 0 Å². The number of carbonyl (C=O) groups is 1. The van der Waals surface area contributed by atoms with E-state index >= 15 is 0 Å². The highest BCUT2D eigenvalue weighted by Crippen LogP contribution is 2.51. The van der Waals surface area contributed by atoms with Gasteiger partial charge in [0.2, 0.25) is 5.91 Å². The largest absolute Gasteiger partial charge is 0.390 e. The molecule has 3 atom stereocenters. The second kappa shape index (κ2) is 6.89. The van der Waals surface area contributed by atoms with Gasteiger partial charge in [0.05, 0.1) is 5.60 Å². The highest BCUT2D eigenvalue weighted by molar-refractivity contribution is 5.84. The number of hydrogen-bond donors (Lipinski definition) is 2. The number of nitrogens with one attached hydrogen (secondary N) is 1. The minimum atomic E-state index is -0.577. The Kier molecular flexibility index (Phi) is 4.22. The molecule has 4 heterocycles. The number of rotatable bonds is 4.